The molecule has 0 bridgehead atoms. The molecule has 1 heterocycles. The maximum atomic E-state index is 11.7. The van der Waals surface area contributed by atoms with Crippen molar-refractivity contribution in [2.45, 2.75) is 19.4 Å². The molecule has 8 heteroatoms. The van der Waals surface area contributed by atoms with Crippen LogP contribution in [0.15, 0.2) is 11.0 Å². The molecule has 1 aliphatic rings. The number of sulfone groups is 1. The zero-order valence-corrected chi connectivity index (χ0v) is 11.0. The highest BCUT2D eigenvalue weighted by atomic mass is 32.2. The van der Waals surface area contributed by atoms with Crippen molar-refractivity contribution in [2.24, 2.45) is 5.92 Å². The Morgan fingerprint density at radius 3 is 2.61 bits per heavy atom. The number of hydrogen-bond acceptors (Lipinski definition) is 4. The number of carboxylic acid groups (broad SMARTS) is 1. The fourth-order valence-corrected chi connectivity index (χ4v) is 3.04. The van der Waals surface area contributed by atoms with Crippen LogP contribution in [0.5, 0.6) is 0 Å². The summed E-state index contributed by atoms with van der Waals surface area (Å²) in [5.41, 5.74) is 0. The lowest BCUT2D eigenvalue weighted by Gasteiger charge is -2.14. The third-order valence-electron chi connectivity index (χ3n) is 2.59. The Bertz CT molecular complexity index is 482. The predicted octanol–water partition coefficient (Wildman–Crippen LogP) is -0.293. The highest BCUT2D eigenvalue weighted by Gasteiger charge is 2.33. The van der Waals surface area contributed by atoms with Crippen molar-refractivity contribution in [3.05, 3.63) is 11.0 Å². The van der Waals surface area contributed by atoms with E-state index < -0.39 is 27.9 Å². The van der Waals surface area contributed by atoms with Gasteiger partial charge in [0.2, 0.25) is 5.91 Å². The molecular formula is C10H16N2O5S. The molecule has 0 saturated carbocycles. The van der Waals surface area contributed by atoms with Crippen LogP contribution in [0, 0.1) is 5.92 Å². The van der Waals surface area contributed by atoms with Crippen LogP contribution in [0.1, 0.15) is 13.3 Å². The molecule has 0 radical (unpaired) electrons. The van der Waals surface area contributed by atoms with E-state index in [1.807, 2.05) is 0 Å². The average Bonchev–Trinajstić information content (AvgIpc) is 2.58. The van der Waals surface area contributed by atoms with Crippen molar-refractivity contribution in [3.63, 3.8) is 0 Å². The van der Waals surface area contributed by atoms with E-state index >= 15 is 0 Å². The lowest BCUT2D eigenvalue weighted by atomic mass is 10.1. The second kappa shape index (κ2) is 5.38. The molecule has 0 spiro atoms. The number of nitrogens with one attached hydrogen (secondary N) is 2. The van der Waals surface area contributed by atoms with Gasteiger partial charge in [-0.05, 0) is 19.4 Å². The minimum absolute atomic E-state index is 0.0289. The highest BCUT2D eigenvalue weighted by Crippen LogP contribution is 2.24. The quantitative estimate of drug-likeness (QED) is 0.653. The first-order valence-electron chi connectivity index (χ1n) is 5.40. The van der Waals surface area contributed by atoms with Gasteiger partial charge in [0.15, 0.2) is 9.84 Å². The first-order chi connectivity index (χ1) is 8.21. The Balaban J connectivity index is 3.03. The van der Waals surface area contributed by atoms with Crippen molar-refractivity contribution >= 4 is 21.8 Å². The van der Waals surface area contributed by atoms with Crippen LogP contribution in [0.25, 0.3) is 0 Å². The third kappa shape index (κ3) is 3.73. The summed E-state index contributed by atoms with van der Waals surface area (Å²) in [4.78, 5) is 21.9. The van der Waals surface area contributed by atoms with Gasteiger partial charge in [-0.1, -0.05) is 0 Å². The van der Waals surface area contributed by atoms with Crippen molar-refractivity contribution < 1.29 is 23.1 Å². The molecule has 0 aliphatic carbocycles. The molecule has 0 unspecified atom stereocenters. The lowest BCUT2D eigenvalue weighted by Crippen LogP contribution is -2.31. The molecule has 0 aromatic heterocycles. The fraction of sp³-hybridized carbons (Fsp3) is 0.600. The maximum Gasteiger partial charge on any atom is 0.405 e. The van der Waals surface area contributed by atoms with Crippen LogP contribution < -0.4 is 10.6 Å². The van der Waals surface area contributed by atoms with Crippen LogP contribution >= 0.6 is 0 Å². The van der Waals surface area contributed by atoms with Gasteiger partial charge in [-0.25, -0.2) is 13.2 Å². The summed E-state index contributed by atoms with van der Waals surface area (Å²) in [6, 6.07) is -0.680. The number of rotatable bonds is 4. The van der Waals surface area contributed by atoms with Crippen molar-refractivity contribution in [2.75, 3.05) is 12.8 Å². The van der Waals surface area contributed by atoms with Gasteiger partial charge in [0.25, 0.3) is 0 Å². The summed E-state index contributed by atoms with van der Waals surface area (Å²) in [7, 11) is -3.54. The normalized spacial score (nSPS) is 22.4. The van der Waals surface area contributed by atoms with Crippen molar-refractivity contribution in [3.8, 4) is 0 Å². The summed E-state index contributed by atoms with van der Waals surface area (Å²) >= 11 is 0. The third-order valence-corrected chi connectivity index (χ3v) is 3.86. The van der Waals surface area contributed by atoms with E-state index in [1.165, 1.54) is 13.0 Å². The molecule has 1 aliphatic heterocycles. The van der Waals surface area contributed by atoms with E-state index in [1.54, 1.807) is 0 Å². The molecule has 2 atom stereocenters. The molecule has 0 aromatic carbocycles. The van der Waals surface area contributed by atoms with Gasteiger partial charge in [0.05, 0.1) is 10.8 Å². The molecule has 7 nitrogen and oxygen atoms in total. The molecule has 2 amide bonds. The number of hydrogen-bond donors (Lipinski definition) is 3. The van der Waals surface area contributed by atoms with E-state index in [0.29, 0.717) is 13.0 Å². The van der Waals surface area contributed by atoms with Gasteiger partial charge < -0.3 is 15.7 Å². The van der Waals surface area contributed by atoms with Crippen molar-refractivity contribution in [1.82, 2.24) is 10.6 Å². The number of carbonyl (C=O) groups excluding carboxylic acids is 1. The Kier molecular flexibility index (Phi) is 4.33. The Hall–Kier alpha value is -1.57. The van der Waals surface area contributed by atoms with E-state index in [-0.39, 0.29) is 10.8 Å². The molecule has 102 valence electrons. The van der Waals surface area contributed by atoms with E-state index in [4.69, 9.17) is 5.11 Å². The van der Waals surface area contributed by atoms with Gasteiger partial charge in [-0.2, -0.15) is 0 Å². The second-order valence-corrected chi connectivity index (χ2v) is 6.23. The van der Waals surface area contributed by atoms with Crippen LogP contribution in [0.4, 0.5) is 4.79 Å². The zero-order valence-electron chi connectivity index (χ0n) is 10.1. The minimum atomic E-state index is -3.54. The van der Waals surface area contributed by atoms with Crippen LogP contribution in [0.3, 0.4) is 0 Å². The molecule has 0 aromatic rings. The Morgan fingerprint density at radius 1 is 1.61 bits per heavy atom. The zero-order chi connectivity index (χ0) is 13.9. The summed E-state index contributed by atoms with van der Waals surface area (Å²) in [6.07, 6.45) is 1.44. The molecule has 1 rings (SSSR count). The van der Waals surface area contributed by atoms with E-state index in [9.17, 15) is 18.0 Å². The van der Waals surface area contributed by atoms with E-state index in [2.05, 4.69) is 10.6 Å². The van der Waals surface area contributed by atoms with Gasteiger partial charge in [-0.3, -0.25) is 4.79 Å². The lowest BCUT2D eigenvalue weighted by molar-refractivity contribution is -0.121. The fourth-order valence-electron chi connectivity index (χ4n) is 1.85. The summed E-state index contributed by atoms with van der Waals surface area (Å²) in [5.74, 6) is -1.06. The first-order valence-corrected chi connectivity index (χ1v) is 7.30. The molecule has 1 saturated heterocycles. The van der Waals surface area contributed by atoms with Crippen LogP contribution in [-0.4, -0.2) is 44.4 Å². The first kappa shape index (κ1) is 14.5. The number of carbonyl (C=O) groups is 2. The van der Waals surface area contributed by atoms with Gasteiger partial charge in [0, 0.05) is 18.8 Å². The van der Waals surface area contributed by atoms with Gasteiger partial charge in [0.1, 0.15) is 0 Å². The van der Waals surface area contributed by atoms with Gasteiger partial charge >= 0.3 is 6.09 Å². The van der Waals surface area contributed by atoms with Gasteiger partial charge in [-0.15, -0.1) is 0 Å². The minimum Gasteiger partial charge on any atom is -0.465 e. The smallest absolute Gasteiger partial charge is 0.405 e. The predicted molar refractivity (Wildman–Crippen MR) is 64.7 cm³/mol. The monoisotopic (exact) mass is 276 g/mol. The molecule has 18 heavy (non-hydrogen) atoms. The molecule has 1 fully saturated rings. The van der Waals surface area contributed by atoms with Crippen LogP contribution in [0.2, 0.25) is 0 Å². The second-order valence-electron chi connectivity index (χ2n) is 4.21. The highest BCUT2D eigenvalue weighted by molar-refractivity contribution is 7.94. The Labute approximate surface area is 105 Å². The molecular weight excluding hydrogens is 260 g/mol. The SMILES string of the molecule is C[C@@H](/C=C(\[C@H]1CCNC1=O)S(C)(=O)=O)NC(=O)O. The summed E-state index contributed by atoms with van der Waals surface area (Å²) in [5, 5.41) is 13.2. The van der Waals surface area contributed by atoms with Crippen LogP contribution in [-0.2, 0) is 14.6 Å². The van der Waals surface area contributed by atoms with Crippen molar-refractivity contribution in [1.29, 1.82) is 0 Å². The Morgan fingerprint density at radius 2 is 2.22 bits per heavy atom. The standard InChI is InChI=1S/C10H16N2O5S/c1-6(12-10(14)15)5-8(18(2,16)17)7-3-4-11-9(7)13/h5-7,12H,3-4H2,1-2H3,(H,11,13)(H,14,15)/b8-5+/t6-,7+/m0/s1. The largest absolute Gasteiger partial charge is 0.465 e. The van der Waals surface area contributed by atoms with E-state index in [0.717, 1.165) is 6.26 Å². The number of amides is 2. The topological polar surface area (TPSA) is 113 Å². The average molecular weight is 276 g/mol. The summed E-state index contributed by atoms with van der Waals surface area (Å²) < 4.78 is 23.3. The maximum absolute atomic E-state index is 11.7. The summed E-state index contributed by atoms with van der Waals surface area (Å²) in [6.45, 7) is 1.93. The molecule has 3 N–H and O–H groups in total.